The quantitative estimate of drug-likeness (QED) is 0.518. The number of benzene rings is 3. The lowest BCUT2D eigenvalue weighted by Gasteiger charge is -2.43. The molecule has 0 fully saturated rings. The Morgan fingerprint density at radius 1 is 1.00 bits per heavy atom. The lowest BCUT2D eigenvalue weighted by atomic mass is 9.89. The Hall–Kier alpha value is -3.13. The van der Waals surface area contributed by atoms with Gasteiger partial charge in [-0.25, -0.2) is 4.39 Å². The number of hydrogen-bond donors (Lipinski definition) is 1. The van der Waals surface area contributed by atoms with Crippen molar-refractivity contribution < 1.29 is 23.8 Å². The molecule has 5 rings (SSSR count). The second-order valence-corrected chi connectivity index (χ2v) is 9.37. The van der Waals surface area contributed by atoms with Crippen molar-refractivity contribution >= 4 is 18.3 Å². The highest BCUT2D eigenvalue weighted by Gasteiger charge is 2.39. The fraction of sp³-hybridized carbons (Fsp3) is 0.345. The first kappa shape index (κ1) is 26.9. The molecule has 2 aliphatic heterocycles. The number of rotatable bonds is 6. The molecule has 0 saturated heterocycles. The minimum atomic E-state index is -0.492. The number of halogens is 2. The summed E-state index contributed by atoms with van der Waals surface area (Å²) in [5.74, 6) is 0.869. The molecule has 2 aliphatic rings. The van der Waals surface area contributed by atoms with Crippen LogP contribution in [-0.4, -0.2) is 54.2 Å². The van der Waals surface area contributed by atoms with E-state index >= 15 is 0 Å². The molecule has 3 aromatic carbocycles. The van der Waals surface area contributed by atoms with Crippen molar-refractivity contribution in [1.29, 1.82) is 0 Å². The van der Waals surface area contributed by atoms with E-state index in [0.717, 1.165) is 22.3 Å². The number of aliphatic hydroxyl groups excluding tert-OH is 1. The summed E-state index contributed by atoms with van der Waals surface area (Å²) in [6.07, 6.45) is 1.19. The third-order valence-electron chi connectivity index (χ3n) is 7.42. The summed E-state index contributed by atoms with van der Waals surface area (Å²) < 4.78 is 25.5. The lowest BCUT2D eigenvalue weighted by Crippen LogP contribution is -2.54. The Labute approximate surface area is 223 Å². The Morgan fingerprint density at radius 3 is 2.38 bits per heavy atom. The number of carbonyl (C=O) groups is 1. The van der Waals surface area contributed by atoms with Crippen molar-refractivity contribution in [3.8, 4) is 11.5 Å². The highest BCUT2D eigenvalue weighted by atomic mass is 35.5. The smallest absolute Gasteiger partial charge is 0.240 e. The van der Waals surface area contributed by atoms with Crippen LogP contribution in [0, 0.1) is 5.82 Å². The van der Waals surface area contributed by atoms with E-state index in [0.29, 0.717) is 49.5 Å². The Kier molecular flexibility index (Phi) is 8.37. The molecule has 2 unspecified atom stereocenters. The summed E-state index contributed by atoms with van der Waals surface area (Å²) >= 11 is 0. The van der Waals surface area contributed by atoms with Crippen LogP contribution in [0.4, 0.5) is 4.39 Å². The highest BCUT2D eigenvalue weighted by molar-refractivity contribution is 5.85. The van der Waals surface area contributed by atoms with E-state index in [9.17, 15) is 14.3 Å². The highest BCUT2D eigenvalue weighted by Crippen LogP contribution is 2.39. The van der Waals surface area contributed by atoms with E-state index in [1.165, 1.54) is 6.07 Å². The summed E-state index contributed by atoms with van der Waals surface area (Å²) in [7, 11) is 3.17. The Morgan fingerprint density at radius 2 is 1.68 bits per heavy atom. The first-order valence-corrected chi connectivity index (χ1v) is 12.2. The monoisotopic (exact) mass is 526 g/mol. The molecule has 2 atom stereocenters. The van der Waals surface area contributed by atoms with Gasteiger partial charge < -0.3 is 19.5 Å². The first-order chi connectivity index (χ1) is 17.5. The molecule has 0 saturated carbocycles. The second kappa shape index (κ2) is 11.5. The Bertz CT molecular complexity index is 1270. The number of amides is 1. The van der Waals surface area contributed by atoms with Gasteiger partial charge in [0, 0.05) is 25.2 Å². The molecule has 1 N–H and O–H groups in total. The van der Waals surface area contributed by atoms with Crippen molar-refractivity contribution in [2.24, 2.45) is 0 Å². The van der Waals surface area contributed by atoms with Crippen molar-refractivity contribution in [3.63, 3.8) is 0 Å². The lowest BCUT2D eigenvalue weighted by molar-refractivity contribution is -0.142. The maximum absolute atomic E-state index is 14.6. The molecular formula is C29H32ClFN2O4. The van der Waals surface area contributed by atoms with Crippen LogP contribution >= 0.6 is 12.4 Å². The minimum Gasteiger partial charge on any atom is -0.493 e. The van der Waals surface area contributed by atoms with Gasteiger partial charge in [-0.2, -0.15) is 0 Å². The zero-order valence-electron chi connectivity index (χ0n) is 21.0. The number of hydrogen-bond acceptors (Lipinski definition) is 5. The van der Waals surface area contributed by atoms with Gasteiger partial charge in [-0.3, -0.25) is 9.69 Å². The van der Waals surface area contributed by atoms with Crippen LogP contribution in [0.3, 0.4) is 0 Å². The standard InChI is InChI=1S/C29H31FN2O4.ClH/c1-35-27-14-20-11-12-32(26(18-33)23(20)15-28(27)36-2)29(34)25-13-19-7-3-4-8-21(19)16-31(25)17-22-9-5-6-10-24(22)30;/h3-10,14-15,25-26,33H,11-13,16-18H2,1-2H3;1H. The van der Waals surface area contributed by atoms with E-state index < -0.39 is 12.1 Å². The maximum atomic E-state index is 14.6. The van der Waals surface area contributed by atoms with Crippen molar-refractivity contribution in [2.45, 2.75) is 38.0 Å². The predicted octanol–water partition coefficient (Wildman–Crippen LogP) is 4.31. The van der Waals surface area contributed by atoms with E-state index in [1.54, 1.807) is 31.3 Å². The number of aliphatic hydroxyl groups is 1. The molecule has 6 nitrogen and oxygen atoms in total. The first-order valence-electron chi connectivity index (χ1n) is 12.2. The SMILES string of the molecule is COc1cc2c(cc1OC)C(CO)N(C(=O)C1Cc3ccccc3CN1Cc1ccccc1F)CC2.Cl. The van der Waals surface area contributed by atoms with Gasteiger partial charge in [0.15, 0.2) is 11.5 Å². The number of methoxy groups -OCH3 is 2. The average Bonchev–Trinajstić information content (AvgIpc) is 2.92. The normalized spacial score (nSPS) is 18.9. The zero-order valence-corrected chi connectivity index (χ0v) is 21.8. The van der Waals surface area contributed by atoms with Crippen molar-refractivity contribution in [3.05, 3.63) is 94.3 Å². The second-order valence-electron chi connectivity index (χ2n) is 9.37. The summed E-state index contributed by atoms with van der Waals surface area (Å²) in [6.45, 7) is 1.17. The molecule has 3 aromatic rings. The van der Waals surface area contributed by atoms with Crippen LogP contribution in [0.1, 0.15) is 33.9 Å². The molecule has 8 heteroatoms. The van der Waals surface area contributed by atoms with Gasteiger partial charge >= 0.3 is 0 Å². The number of carbonyl (C=O) groups excluding carboxylic acids is 1. The molecule has 0 radical (unpaired) electrons. The van der Waals surface area contributed by atoms with Crippen LogP contribution in [0.2, 0.25) is 0 Å². The van der Waals surface area contributed by atoms with Crippen molar-refractivity contribution in [1.82, 2.24) is 9.80 Å². The van der Waals surface area contributed by atoms with Gasteiger partial charge in [-0.15, -0.1) is 12.4 Å². The summed E-state index contributed by atoms with van der Waals surface area (Å²) in [5.41, 5.74) is 4.75. The third kappa shape index (κ3) is 5.17. The molecular weight excluding hydrogens is 495 g/mol. The molecule has 37 heavy (non-hydrogen) atoms. The van der Waals surface area contributed by atoms with Gasteiger partial charge in [0.1, 0.15) is 5.82 Å². The van der Waals surface area contributed by atoms with Crippen LogP contribution in [0.5, 0.6) is 11.5 Å². The predicted molar refractivity (Wildman–Crippen MR) is 142 cm³/mol. The average molecular weight is 527 g/mol. The summed E-state index contributed by atoms with van der Waals surface area (Å²) in [4.78, 5) is 18.0. The van der Waals surface area contributed by atoms with Crippen LogP contribution in [0.25, 0.3) is 0 Å². The topological polar surface area (TPSA) is 62.2 Å². The van der Waals surface area contributed by atoms with Crippen LogP contribution in [0.15, 0.2) is 60.7 Å². The molecule has 0 aromatic heterocycles. The largest absolute Gasteiger partial charge is 0.493 e. The van der Waals surface area contributed by atoms with Crippen molar-refractivity contribution in [2.75, 3.05) is 27.4 Å². The number of nitrogens with zero attached hydrogens (tertiary/aromatic N) is 2. The molecule has 0 spiro atoms. The minimum absolute atomic E-state index is 0. The van der Waals surface area contributed by atoms with E-state index in [1.807, 2.05) is 30.3 Å². The van der Waals surface area contributed by atoms with E-state index in [4.69, 9.17) is 9.47 Å². The maximum Gasteiger partial charge on any atom is 0.240 e. The van der Waals surface area contributed by atoms with Gasteiger partial charge in [0.05, 0.1) is 32.9 Å². The molecule has 1 amide bonds. The van der Waals surface area contributed by atoms with E-state index in [2.05, 4.69) is 17.0 Å². The molecule has 0 bridgehead atoms. The summed E-state index contributed by atoms with van der Waals surface area (Å²) in [5, 5.41) is 10.4. The van der Waals surface area contributed by atoms with Gasteiger partial charge in [0.2, 0.25) is 5.91 Å². The zero-order chi connectivity index (χ0) is 25.2. The van der Waals surface area contributed by atoms with Gasteiger partial charge in [-0.1, -0.05) is 42.5 Å². The molecule has 196 valence electrons. The third-order valence-corrected chi connectivity index (χ3v) is 7.42. The molecule has 0 aliphatic carbocycles. The fourth-order valence-electron chi connectivity index (χ4n) is 5.51. The van der Waals surface area contributed by atoms with Gasteiger partial charge in [-0.05, 0) is 53.3 Å². The van der Waals surface area contributed by atoms with E-state index in [-0.39, 0.29) is 30.7 Å². The Balaban J connectivity index is 0.00000320. The molecule has 2 heterocycles. The summed E-state index contributed by atoms with van der Waals surface area (Å²) in [6, 6.07) is 17.7. The number of fused-ring (bicyclic) bond motifs is 2. The van der Waals surface area contributed by atoms with Crippen LogP contribution < -0.4 is 9.47 Å². The number of ether oxygens (including phenoxy) is 2. The fourth-order valence-corrected chi connectivity index (χ4v) is 5.51. The van der Waals surface area contributed by atoms with Gasteiger partial charge in [0.25, 0.3) is 0 Å². The van der Waals surface area contributed by atoms with Crippen LogP contribution in [-0.2, 0) is 30.7 Å².